The summed E-state index contributed by atoms with van der Waals surface area (Å²) in [7, 11) is 0. The number of pyridine rings is 1. The number of nitrogens with zero attached hydrogens (tertiary/aromatic N) is 5. The molecule has 1 atom stereocenters. The molecule has 1 aliphatic heterocycles. The van der Waals surface area contributed by atoms with E-state index in [1.54, 1.807) is 6.20 Å². The second-order valence-corrected chi connectivity index (χ2v) is 11.2. The number of fused-ring (bicyclic) bond motifs is 1. The predicted molar refractivity (Wildman–Crippen MR) is 149 cm³/mol. The molecule has 2 amide bonds. The minimum absolute atomic E-state index is 0.104. The Kier molecular flexibility index (Phi) is 7.26. The first-order valence-corrected chi connectivity index (χ1v) is 14.2. The number of nitrogens with two attached hydrogens (primary N) is 1. The molecule has 39 heavy (non-hydrogen) atoms. The number of hydrogen-bond donors (Lipinski definition) is 4. The zero-order valence-corrected chi connectivity index (χ0v) is 22.5. The van der Waals surface area contributed by atoms with Gasteiger partial charge in [0.05, 0.1) is 11.9 Å². The van der Waals surface area contributed by atoms with E-state index in [2.05, 4.69) is 30.8 Å². The van der Waals surface area contributed by atoms with Crippen LogP contribution in [0.5, 0.6) is 0 Å². The highest BCUT2D eigenvalue weighted by Gasteiger charge is 2.31. The van der Waals surface area contributed by atoms with E-state index in [4.69, 9.17) is 22.4 Å². The maximum absolute atomic E-state index is 12.6. The van der Waals surface area contributed by atoms with Gasteiger partial charge in [0.25, 0.3) is 5.91 Å². The van der Waals surface area contributed by atoms with Crippen molar-refractivity contribution in [2.45, 2.75) is 82.0 Å². The molecule has 0 bridgehead atoms. The van der Waals surface area contributed by atoms with Crippen LogP contribution < -0.4 is 26.6 Å². The van der Waals surface area contributed by atoms with Crippen LogP contribution in [-0.2, 0) is 4.79 Å². The number of imidazole rings is 1. The Balaban J connectivity index is 1.28. The number of nitrogens with one attached hydrogen (secondary N) is 3. The van der Waals surface area contributed by atoms with Crippen molar-refractivity contribution in [3.05, 3.63) is 41.4 Å². The van der Waals surface area contributed by atoms with Crippen LogP contribution in [0, 0.1) is 0 Å². The maximum atomic E-state index is 12.6. The lowest BCUT2D eigenvalue weighted by Crippen LogP contribution is -2.44. The minimum Gasteiger partial charge on any atom is -0.379 e. The average Bonchev–Trinajstić information content (AvgIpc) is 3.38. The van der Waals surface area contributed by atoms with Gasteiger partial charge in [0.2, 0.25) is 5.91 Å². The van der Waals surface area contributed by atoms with Gasteiger partial charge in [-0.2, -0.15) is 0 Å². The fourth-order valence-electron chi connectivity index (χ4n) is 5.79. The Bertz CT molecular complexity index is 1360. The van der Waals surface area contributed by atoms with Gasteiger partial charge >= 0.3 is 0 Å². The normalized spacial score (nSPS) is 23.1. The Morgan fingerprint density at radius 3 is 2.59 bits per heavy atom. The number of carbonyl (C=O) groups is 2. The van der Waals surface area contributed by atoms with Gasteiger partial charge in [0, 0.05) is 48.5 Å². The van der Waals surface area contributed by atoms with Crippen molar-refractivity contribution < 1.29 is 9.59 Å². The summed E-state index contributed by atoms with van der Waals surface area (Å²) in [5.74, 6) is 0.193. The van der Waals surface area contributed by atoms with Gasteiger partial charge in [0.1, 0.15) is 10.8 Å². The zero-order valence-electron chi connectivity index (χ0n) is 21.8. The third kappa shape index (κ3) is 5.79. The number of anilines is 3. The summed E-state index contributed by atoms with van der Waals surface area (Å²) < 4.78 is 1.53. The molecular formula is C27H34ClN9O2. The lowest BCUT2D eigenvalue weighted by Gasteiger charge is -2.38. The van der Waals surface area contributed by atoms with Crippen LogP contribution in [0.1, 0.15) is 68.3 Å². The van der Waals surface area contributed by atoms with Crippen LogP contribution in [0.4, 0.5) is 17.2 Å². The van der Waals surface area contributed by atoms with E-state index in [1.165, 1.54) is 10.7 Å². The van der Waals surface area contributed by atoms with E-state index < -0.39 is 5.91 Å². The number of aromatic nitrogens is 4. The van der Waals surface area contributed by atoms with Crippen molar-refractivity contribution in [3.8, 4) is 0 Å². The number of amides is 2. The number of primary amides is 1. The van der Waals surface area contributed by atoms with Gasteiger partial charge in [-0.05, 0) is 70.0 Å². The van der Waals surface area contributed by atoms with Gasteiger partial charge in [-0.15, -0.1) is 5.10 Å². The molecule has 3 aromatic heterocycles. The third-order valence-electron chi connectivity index (χ3n) is 7.90. The SMILES string of the molecule is NC(=O)c1cnc2c(NC3CC3)cc(N(c3ccnc(Cl)c3)C3CCC(NC(=O)C[C@@H]4CCCN4)CC3)nn12. The molecule has 0 radical (unpaired) electrons. The topological polar surface area (TPSA) is 143 Å². The van der Waals surface area contributed by atoms with Crippen molar-refractivity contribution >= 4 is 46.3 Å². The molecule has 5 N–H and O–H groups in total. The second-order valence-electron chi connectivity index (χ2n) is 10.9. The molecule has 206 valence electrons. The fraction of sp³-hybridized carbons (Fsp3) is 0.519. The Labute approximate surface area is 231 Å². The lowest BCUT2D eigenvalue weighted by atomic mass is 9.89. The van der Waals surface area contributed by atoms with E-state index in [0.717, 1.165) is 69.3 Å². The van der Waals surface area contributed by atoms with Crippen LogP contribution >= 0.6 is 11.6 Å². The average molecular weight is 552 g/mol. The molecule has 0 aromatic carbocycles. The first-order chi connectivity index (χ1) is 18.9. The Morgan fingerprint density at radius 1 is 1.10 bits per heavy atom. The largest absolute Gasteiger partial charge is 0.379 e. The first kappa shape index (κ1) is 25.8. The van der Waals surface area contributed by atoms with E-state index in [9.17, 15) is 9.59 Å². The van der Waals surface area contributed by atoms with Crippen molar-refractivity contribution in [3.63, 3.8) is 0 Å². The molecule has 3 aliphatic rings. The van der Waals surface area contributed by atoms with E-state index in [1.807, 2.05) is 18.2 Å². The highest BCUT2D eigenvalue weighted by molar-refractivity contribution is 6.29. The predicted octanol–water partition coefficient (Wildman–Crippen LogP) is 3.16. The monoisotopic (exact) mass is 551 g/mol. The second kappa shape index (κ2) is 11.0. The third-order valence-corrected chi connectivity index (χ3v) is 8.11. The first-order valence-electron chi connectivity index (χ1n) is 13.8. The number of rotatable bonds is 9. The molecule has 6 rings (SSSR count). The Morgan fingerprint density at radius 2 is 1.90 bits per heavy atom. The van der Waals surface area contributed by atoms with Crippen LogP contribution in [0.15, 0.2) is 30.6 Å². The smallest absolute Gasteiger partial charge is 0.269 e. The molecular weight excluding hydrogens is 518 g/mol. The standard InChI is InChI=1S/C27H34ClN9O2/c28-23-13-20(9-11-31-23)36(19-7-5-17(6-8-19)34-25(38)12-18-2-1-10-30-18)24-14-21(33-16-3-4-16)27-32-15-22(26(29)39)37(27)35-24/h9,11,13-19,30,33H,1-8,10,12H2,(H2,29,39)(H,34,38)/t17?,18-,19?/m0/s1. The molecule has 2 aliphatic carbocycles. The quantitative estimate of drug-likeness (QED) is 0.297. The number of hydrogen-bond acceptors (Lipinski definition) is 8. The van der Waals surface area contributed by atoms with Gasteiger partial charge in [-0.3, -0.25) is 9.59 Å². The van der Waals surface area contributed by atoms with Crippen molar-refractivity contribution in [1.29, 1.82) is 0 Å². The molecule has 0 spiro atoms. The molecule has 4 heterocycles. The van der Waals surface area contributed by atoms with Crippen molar-refractivity contribution in [2.24, 2.45) is 5.73 Å². The van der Waals surface area contributed by atoms with Crippen molar-refractivity contribution in [2.75, 3.05) is 16.8 Å². The van der Waals surface area contributed by atoms with Crippen LogP contribution in [0.3, 0.4) is 0 Å². The fourth-order valence-corrected chi connectivity index (χ4v) is 5.96. The molecule has 1 saturated heterocycles. The van der Waals surface area contributed by atoms with Gasteiger partial charge in [0.15, 0.2) is 11.5 Å². The van der Waals surface area contributed by atoms with Crippen LogP contribution in [0.2, 0.25) is 5.15 Å². The molecule has 3 aromatic rings. The zero-order chi connectivity index (χ0) is 26.9. The van der Waals surface area contributed by atoms with E-state index in [-0.39, 0.29) is 23.7 Å². The highest BCUT2D eigenvalue weighted by Crippen LogP contribution is 2.37. The van der Waals surface area contributed by atoms with E-state index >= 15 is 0 Å². The van der Waals surface area contributed by atoms with Gasteiger partial charge < -0.3 is 26.6 Å². The highest BCUT2D eigenvalue weighted by atomic mass is 35.5. The summed E-state index contributed by atoms with van der Waals surface area (Å²) in [5.41, 5.74) is 8.11. The maximum Gasteiger partial charge on any atom is 0.269 e. The summed E-state index contributed by atoms with van der Waals surface area (Å²) in [6.45, 7) is 0.996. The molecule has 3 fully saturated rings. The molecule has 2 saturated carbocycles. The van der Waals surface area contributed by atoms with Gasteiger partial charge in [-0.25, -0.2) is 14.5 Å². The molecule has 12 heteroatoms. The summed E-state index contributed by atoms with van der Waals surface area (Å²) >= 11 is 6.32. The molecule has 0 unspecified atom stereocenters. The molecule has 11 nitrogen and oxygen atoms in total. The summed E-state index contributed by atoms with van der Waals surface area (Å²) in [6, 6.07) is 6.65. The van der Waals surface area contributed by atoms with Gasteiger partial charge in [-0.1, -0.05) is 11.6 Å². The summed E-state index contributed by atoms with van der Waals surface area (Å²) in [4.78, 5) is 35.6. The number of halogens is 1. The minimum atomic E-state index is -0.591. The lowest BCUT2D eigenvalue weighted by molar-refractivity contribution is -0.122. The Hall–Kier alpha value is -3.44. The van der Waals surface area contributed by atoms with Crippen molar-refractivity contribution in [1.82, 2.24) is 30.2 Å². The summed E-state index contributed by atoms with van der Waals surface area (Å²) in [6.07, 6.45) is 11.5. The summed E-state index contributed by atoms with van der Waals surface area (Å²) in [5, 5.41) is 15.4. The van der Waals surface area contributed by atoms with E-state index in [0.29, 0.717) is 35.1 Å². The van der Waals surface area contributed by atoms with Crippen LogP contribution in [0.25, 0.3) is 5.65 Å². The van der Waals surface area contributed by atoms with Crippen LogP contribution in [-0.4, -0.2) is 62.1 Å². The number of carbonyl (C=O) groups excluding carboxylic acids is 2.